The largest absolute Gasteiger partial charge is 0.434 e. The van der Waals surface area contributed by atoms with Crippen molar-refractivity contribution in [2.45, 2.75) is 58.3 Å². The lowest BCUT2D eigenvalue weighted by atomic mass is 9.99. The van der Waals surface area contributed by atoms with Crippen LogP contribution in [-0.2, 0) is 9.53 Å². The van der Waals surface area contributed by atoms with Crippen LogP contribution < -0.4 is 0 Å². The SMILES string of the molecule is C=CC[C@H](C)CCCCCCCC(=C)OC=O. The van der Waals surface area contributed by atoms with Crippen LogP contribution in [0, 0.1) is 5.92 Å². The lowest BCUT2D eigenvalue weighted by molar-refractivity contribution is -0.125. The minimum absolute atomic E-state index is 0.448. The van der Waals surface area contributed by atoms with Crippen molar-refractivity contribution < 1.29 is 9.53 Å². The predicted molar refractivity (Wildman–Crippen MR) is 72.6 cm³/mol. The van der Waals surface area contributed by atoms with Crippen LogP contribution in [0.2, 0.25) is 0 Å². The van der Waals surface area contributed by atoms with Gasteiger partial charge in [0.25, 0.3) is 6.47 Å². The highest BCUT2D eigenvalue weighted by Crippen LogP contribution is 2.15. The van der Waals surface area contributed by atoms with Crippen molar-refractivity contribution in [2.75, 3.05) is 0 Å². The number of hydrogen-bond donors (Lipinski definition) is 0. The molecule has 98 valence electrons. The first-order valence-electron chi connectivity index (χ1n) is 6.59. The Hall–Kier alpha value is -1.05. The van der Waals surface area contributed by atoms with E-state index in [9.17, 15) is 4.79 Å². The summed E-state index contributed by atoms with van der Waals surface area (Å²) in [6, 6.07) is 0. The summed E-state index contributed by atoms with van der Waals surface area (Å²) in [5.41, 5.74) is 0. The lowest BCUT2D eigenvalue weighted by Gasteiger charge is -2.08. The fourth-order valence-electron chi connectivity index (χ4n) is 1.87. The molecule has 0 N–H and O–H groups in total. The van der Waals surface area contributed by atoms with Gasteiger partial charge in [-0.2, -0.15) is 0 Å². The van der Waals surface area contributed by atoms with Gasteiger partial charge in [-0.15, -0.1) is 6.58 Å². The van der Waals surface area contributed by atoms with Gasteiger partial charge in [0.2, 0.25) is 0 Å². The number of allylic oxidation sites excluding steroid dienone is 2. The van der Waals surface area contributed by atoms with E-state index in [2.05, 4.69) is 24.8 Å². The first-order chi connectivity index (χ1) is 8.20. The highest BCUT2D eigenvalue weighted by Gasteiger charge is 1.99. The van der Waals surface area contributed by atoms with Crippen molar-refractivity contribution >= 4 is 6.47 Å². The zero-order valence-corrected chi connectivity index (χ0v) is 11.1. The van der Waals surface area contributed by atoms with E-state index in [0.717, 1.165) is 25.2 Å². The van der Waals surface area contributed by atoms with Gasteiger partial charge in [0.1, 0.15) is 5.76 Å². The lowest BCUT2D eigenvalue weighted by Crippen LogP contribution is -1.92. The van der Waals surface area contributed by atoms with Gasteiger partial charge in [-0.1, -0.05) is 51.7 Å². The molecular formula is C15H26O2. The third kappa shape index (κ3) is 11.2. The molecular weight excluding hydrogens is 212 g/mol. The average Bonchev–Trinajstić information content (AvgIpc) is 2.28. The van der Waals surface area contributed by atoms with Crippen LogP contribution in [0.25, 0.3) is 0 Å². The summed E-state index contributed by atoms with van der Waals surface area (Å²) >= 11 is 0. The van der Waals surface area contributed by atoms with Crippen LogP contribution in [-0.4, -0.2) is 6.47 Å². The summed E-state index contributed by atoms with van der Waals surface area (Å²) in [6.45, 7) is 10.1. The van der Waals surface area contributed by atoms with Gasteiger partial charge in [-0.05, 0) is 18.8 Å². The Labute approximate surface area is 106 Å². The molecule has 0 amide bonds. The standard InChI is InChI=1S/C15H26O2/c1-4-10-14(2)11-8-6-5-7-9-12-15(3)17-13-16/h4,13-14H,1,3,5-12H2,2H3/t14-/m0/s1. The molecule has 0 unspecified atom stereocenters. The maximum absolute atomic E-state index is 10.0. The fourth-order valence-corrected chi connectivity index (χ4v) is 1.87. The normalized spacial score (nSPS) is 11.8. The Morgan fingerprint density at radius 1 is 1.24 bits per heavy atom. The molecule has 0 fully saturated rings. The molecule has 0 heterocycles. The second-order valence-electron chi connectivity index (χ2n) is 4.69. The van der Waals surface area contributed by atoms with E-state index in [0.29, 0.717) is 12.2 Å². The van der Waals surface area contributed by atoms with E-state index in [1.807, 2.05) is 6.08 Å². The number of carbonyl (C=O) groups excluding carboxylic acids is 1. The maximum Gasteiger partial charge on any atom is 0.298 e. The average molecular weight is 238 g/mol. The predicted octanol–water partition coefficient (Wildman–Crippen LogP) is 4.62. The monoisotopic (exact) mass is 238 g/mol. The molecule has 0 aliphatic rings. The molecule has 17 heavy (non-hydrogen) atoms. The van der Waals surface area contributed by atoms with Gasteiger partial charge in [-0.25, -0.2) is 0 Å². The van der Waals surface area contributed by atoms with Crippen LogP contribution in [0.3, 0.4) is 0 Å². The van der Waals surface area contributed by atoms with Gasteiger partial charge < -0.3 is 4.74 Å². The van der Waals surface area contributed by atoms with Gasteiger partial charge in [0, 0.05) is 6.42 Å². The summed E-state index contributed by atoms with van der Waals surface area (Å²) in [4.78, 5) is 10.0. The number of hydrogen-bond acceptors (Lipinski definition) is 2. The molecule has 0 spiro atoms. The van der Waals surface area contributed by atoms with Gasteiger partial charge in [0.05, 0.1) is 0 Å². The van der Waals surface area contributed by atoms with Gasteiger partial charge in [-0.3, -0.25) is 4.79 Å². The van der Waals surface area contributed by atoms with Crippen molar-refractivity contribution in [1.82, 2.24) is 0 Å². The third-order valence-electron chi connectivity index (χ3n) is 2.94. The van der Waals surface area contributed by atoms with Gasteiger partial charge >= 0.3 is 0 Å². The van der Waals surface area contributed by atoms with Crippen molar-refractivity contribution in [1.29, 1.82) is 0 Å². The van der Waals surface area contributed by atoms with E-state index in [1.165, 1.54) is 32.1 Å². The molecule has 0 saturated heterocycles. The molecule has 0 saturated carbocycles. The fraction of sp³-hybridized carbons (Fsp3) is 0.667. The van der Waals surface area contributed by atoms with E-state index in [-0.39, 0.29) is 0 Å². The van der Waals surface area contributed by atoms with Crippen molar-refractivity contribution in [2.24, 2.45) is 5.92 Å². The highest BCUT2D eigenvalue weighted by atomic mass is 16.5. The Morgan fingerprint density at radius 3 is 2.53 bits per heavy atom. The molecule has 1 atom stereocenters. The summed E-state index contributed by atoms with van der Waals surface area (Å²) in [5, 5.41) is 0. The first kappa shape index (κ1) is 16.0. The molecule has 0 aliphatic heterocycles. The Kier molecular flexibility index (Phi) is 10.7. The number of rotatable bonds is 12. The van der Waals surface area contributed by atoms with Crippen molar-refractivity contribution in [3.8, 4) is 0 Å². The quantitative estimate of drug-likeness (QED) is 0.215. The summed E-state index contributed by atoms with van der Waals surface area (Å²) in [5.74, 6) is 1.35. The molecule has 0 aromatic rings. The Morgan fingerprint density at radius 2 is 1.88 bits per heavy atom. The summed E-state index contributed by atoms with van der Waals surface area (Å²) < 4.78 is 4.64. The zero-order valence-electron chi connectivity index (χ0n) is 11.1. The minimum Gasteiger partial charge on any atom is -0.434 e. The maximum atomic E-state index is 10.0. The van der Waals surface area contributed by atoms with Crippen LogP contribution in [0.15, 0.2) is 25.0 Å². The van der Waals surface area contributed by atoms with E-state index in [1.54, 1.807) is 0 Å². The van der Waals surface area contributed by atoms with Crippen LogP contribution in [0.5, 0.6) is 0 Å². The molecule has 0 aromatic heterocycles. The zero-order chi connectivity index (χ0) is 12.9. The smallest absolute Gasteiger partial charge is 0.298 e. The Balaban J connectivity index is 3.21. The second-order valence-corrected chi connectivity index (χ2v) is 4.69. The molecule has 0 radical (unpaired) electrons. The van der Waals surface area contributed by atoms with Crippen LogP contribution in [0.1, 0.15) is 58.3 Å². The molecule has 2 nitrogen and oxygen atoms in total. The van der Waals surface area contributed by atoms with Crippen molar-refractivity contribution in [3.05, 3.63) is 25.0 Å². The third-order valence-corrected chi connectivity index (χ3v) is 2.94. The first-order valence-corrected chi connectivity index (χ1v) is 6.59. The molecule has 0 bridgehead atoms. The number of ether oxygens (including phenoxy) is 1. The topological polar surface area (TPSA) is 26.3 Å². The molecule has 0 aromatic carbocycles. The minimum atomic E-state index is 0.448. The number of unbranched alkanes of at least 4 members (excludes halogenated alkanes) is 4. The van der Waals surface area contributed by atoms with E-state index < -0.39 is 0 Å². The van der Waals surface area contributed by atoms with Gasteiger partial charge in [0.15, 0.2) is 0 Å². The molecule has 0 aliphatic carbocycles. The summed E-state index contributed by atoms with van der Waals surface area (Å²) in [6.07, 6.45) is 11.3. The Bertz CT molecular complexity index is 221. The summed E-state index contributed by atoms with van der Waals surface area (Å²) in [7, 11) is 0. The molecule has 0 rings (SSSR count). The van der Waals surface area contributed by atoms with E-state index in [4.69, 9.17) is 0 Å². The van der Waals surface area contributed by atoms with Crippen LogP contribution in [0.4, 0.5) is 0 Å². The van der Waals surface area contributed by atoms with Crippen LogP contribution >= 0.6 is 0 Å². The highest BCUT2D eigenvalue weighted by molar-refractivity contribution is 5.39. The van der Waals surface area contributed by atoms with E-state index >= 15 is 0 Å². The molecule has 2 heteroatoms. The van der Waals surface area contributed by atoms with Crippen molar-refractivity contribution in [3.63, 3.8) is 0 Å². The number of carbonyl (C=O) groups is 1. The second kappa shape index (κ2) is 11.4.